The number of nitrogens with zero attached hydrogens (tertiary/aromatic N) is 3. The Labute approximate surface area is 170 Å². The van der Waals surface area contributed by atoms with E-state index in [2.05, 4.69) is 5.32 Å². The molecule has 2 fully saturated rings. The van der Waals surface area contributed by atoms with Crippen LogP contribution >= 0.6 is 0 Å². The first-order valence-corrected chi connectivity index (χ1v) is 11.1. The molecule has 0 radical (unpaired) electrons. The highest BCUT2D eigenvalue weighted by Crippen LogP contribution is 2.19. The maximum Gasteiger partial charge on any atom is 0.282 e. The van der Waals surface area contributed by atoms with Gasteiger partial charge in [-0.2, -0.15) is 17.0 Å². The molecule has 0 bridgehead atoms. The molecule has 1 aromatic heterocycles. The van der Waals surface area contributed by atoms with E-state index >= 15 is 0 Å². The molecule has 10 nitrogen and oxygen atoms in total. The third kappa shape index (κ3) is 4.97. The standard InChI is InChI=1S/C18H28N4O6S/c1-13-10-22(11-14(2)28-13)29(25,26)21-7-5-20(6-8-21)18(24)15(3)19-17(23)16-4-9-27-12-16/h4,9,12-15H,5-8,10-11H2,1-3H3,(H,19,23)/t13-,14+,15-/m1/s1. The van der Waals surface area contributed by atoms with Crippen molar-refractivity contribution >= 4 is 22.0 Å². The summed E-state index contributed by atoms with van der Waals surface area (Å²) in [5, 5.41) is 2.64. The van der Waals surface area contributed by atoms with Crippen molar-refractivity contribution in [2.45, 2.75) is 39.0 Å². The van der Waals surface area contributed by atoms with Gasteiger partial charge in [0.1, 0.15) is 12.3 Å². The first-order valence-electron chi connectivity index (χ1n) is 9.71. The zero-order chi connectivity index (χ0) is 21.2. The van der Waals surface area contributed by atoms with Crippen molar-refractivity contribution in [1.82, 2.24) is 18.8 Å². The van der Waals surface area contributed by atoms with Gasteiger partial charge < -0.3 is 19.4 Å². The molecule has 162 valence electrons. The number of furan rings is 1. The lowest BCUT2D eigenvalue weighted by atomic mass is 10.2. The molecule has 3 heterocycles. The second kappa shape index (κ2) is 8.82. The van der Waals surface area contributed by atoms with Crippen LogP contribution in [0, 0.1) is 0 Å². The van der Waals surface area contributed by atoms with Crippen LogP contribution in [0.5, 0.6) is 0 Å². The van der Waals surface area contributed by atoms with Crippen molar-refractivity contribution in [2.75, 3.05) is 39.3 Å². The van der Waals surface area contributed by atoms with Gasteiger partial charge in [0.25, 0.3) is 16.1 Å². The summed E-state index contributed by atoms with van der Waals surface area (Å²) in [7, 11) is -3.60. The Bertz CT molecular complexity index is 809. The summed E-state index contributed by atoms with van der Waals surface area (Å²) in [6.07, 6.45) is 2.38. The van der Waals surface area contributed by atoms with Crippen LogP contribution in [0.4, 0.5) is 0 Å². The summed E-state index contributed by atoms with van der Waals surface area (Å²) in [5.41, 5.74) is 0.342. The maximum atomic E-state index is 12.9. The number of hydrogen-bond acceptors (Lipinski definition) is 6. The minimum atomic E-state index is -3.60. The van der Waals surface area contributed by atoms with Crippen molar-refractivity contribution in [3.63, 3.8) is 0 Å². The number of piperazine rings is 1. The number of ether oxygens (including phenoxy) is 1. The summed E-state index contributed by atoms with van der Waals surface area (Å²) in [4.78, 5) is 26.3. The monoisotopic (exact) mass is 428 g/mol. The van der Waals surface area contributed by atoms with Crippen LogP contribution in [-0.4, -0.2) is 91.3 Å². The van der Waals surface area contributed by atoms with E-state index in [1.54, 1.807) is 11.8 Å². The van der Waals surface area contributed by atoms with Gasteiger partial charge in [-0.15, -0.1) is 0 Å². The lowest BCUT2D eigenvalue weighted by Gasteiger charge is -2.40. The average Bonchev–Trinajstić information content (AvgIpc) is 3.21. The second-order valence-electron chi connectivity index (χ2n) is 7.51. The molecular formula is C18H28N4O6S. The van der Waals surface area contributed by atoms with Gasteiger partial charge in [-0.3, -0.25) is 9.59 Å². The molecular weight excluding hydrogens is 400 g/mol. The van der Waals surface area contributed by atoms with Gasteiger partial charge in [-0.1, -0.05) is 0 Å². The number of rotatable bonds is 5. The first-order chi connectivity index (χ1) is 13.7. The third-order valence-corrected chi connectivity index (χ3v) is 7.06. The smallest absolute Gasteiger partial charge is 0.282 e. The molecule has 0 unspecified atom stereocenters. The van der Waals surface area contributed by atoms with Gasteiger partial charge in [0.05, 0.1) is 24.0 Å². The van der Waals surface area contributed by atoms with Crippen molar-refractivity contribution in [3.05, 3.63) is 24.2 Å². The topological polar surface area (TPSA) is 112 Å². The number of hydrogen-bond donors (Lipinski definition) is 1. The Balaban J connectivity index is 1.54. The summed E-state index contributed by atoms with van der Waals surface area (Å²) >= 11 is 0. The second-order valence-corrected chi connectivity index (χ2v) is 9.44. The summed E-state index contributed by atoms with van der Waals surface area (Å²) in [6, 6.07) is 0.797. The third-order valence-electron chi connectivity index (χ3n) is 5.09. The first kappa shape index (κ1) is 21.8. The zero-order valence-corrected chi connectivity index (χ0v) is 17.7. The molecule has 2 amide bonds. The normalized spacial score (nSPS) is 25.6. The molecule has 3 atom stereocenters. The van der Waals surface area contributed by atoms with E-state index in [1.165, 1.54) is 27.2 Å². The molecule has 3 rings (SSSR count). The number of nitrogens with one attached hydrogen (secondary N) is 1. The van der Waals surface area contributed by atoms with Crippen LogP contribution in [0.1, 0.15) is 31.1 Å². The highest BCUT2D eigenvalue weighted by atomic mass is 32.2. The van der Waals surface area contributed by atoms with Crippen molar-refractivity contribution in [1.29, 1.82) is 0 Å². The summed E-state index contributed by atoms with van der Waals surface area (Å²) in [6.45, 7) is 6.96. The number of amides is 2. The van der Waals surface area contributed by atoms with E-state index in [-0.39, 0.29) is 44.3 Å². The molecule has 2 aliphatic rings. The van der Waals surface area contributed by atoms with Crippen LogP contribution in [-0.2, 0) is 19.7 Å². The van der Waals surface area contributed by atoms with Crippen LogP contribution < -0.4 is 5.32 Å². The molecule has 1 N–H and O–H groups in total. The molecule has 1 aromatic rings. The molecule has 29 heavy (non-hydrogen) atoms. The van der Waals surface area contributed by atoms with Gasteiger partial charge in [0, 0.05) is 39.3 Å². The van der Waals surface area contributed by atoms with Gasteiger partial charge in [-0.05, 0) is 26.8 Å². The van der Waals surface area contributed by atoms with E-state index in [1.807, 2.05) is 13.8 Å². The lowest BCUT2D eigenvalue weighted by Crippen LogP contribution is -2.59. The minimum Gasteiger partial charge on any atom is -0.472 e. The molecule has 0 aromatic carbocycles. The molecule has 0 saturated carbocycles. The largest absolute Gasteiger partial charge is 0.472 e. The van der Waals surface area contributed by atoms with Gasteiger partial charge in [-0.25, -0.2) is 0 Å². The van der Waals surface area contributed by atoms with E-state index in [0.717, 1.165) is 0 Å². The fraction of sp³-hybridized carbons (Fsp3) is 0.667. The number of morpholine rings is 1. The Kier molecular flexibility index (Phi) is 6.62. The van der Waals surface area contributed by atoms with Crippen LogP contribution in [0.15, 0.2) is 23.0 Å². The number of carbonyl (C=O) groups is 2. The van der Waals surface area contributed by atoms with E-state index in [0.29, 0.717) is 18.7 Å². The highest BCUT2D eigenvalue weighted by molar-refractivity contribution is 7.86. The maximum absolute atomic E-state index is 12.9. The van der Waals surface area contributed by atoms with Gasteiger partial charge >= 0.3 is 0 Å². The van der Waals surface area contributed by atoms with Crippen molar-refractivity contribution in [3.8, 4) is 0 Å². The Morgan fingerprint density at radius 2 is 1.72 bits per heavy atom. The highest BCUT2D eigenvalue weighted by Gasteiger charge is 2.37. The van der Waals surface area contributed by atoms with Gasteiger partial charge in [0.2, 0.25) is 5.91 Å². The zero-order valence-electron chi connectivity index (χ0n) is 16.9. The number of carbonyl (C=O) groups excluding carboxylic acids is 2. The molecule has 0 spiro atoms. The predicted molar refractivity (Wildman–Crippen MR) is 104 cm³/mol. The minimum absolute atomic E-state index is 0.156. The quantitative estimate of drug-likeness (QED) is 0.701. The molecule has 0 aliphatic carbocycles. The van der Waals surface area contributed by atoms with E-state index in [9.17, 15) is 18.0 Å². The van der Waals surface area contributed by atoms with E-state index < -0.39 is 22.2 Å². The SMILES string of the molecule is C[C@@H]1CN(S(=O)(=O)N2CCN(C(=O)[C@@H](C)NC(=O)c3ccoc3)CC2)C[C@H](C)O1. The molecule has 11 heteroatoms. The molecule has 2 saturated heterocycles. The van der Waals surface area contributed by atoms with E-state index in [4.69, 9.17) is 9.15 Å². The van der Waals surface area contributed by atoms with Crippen LogP contribution in [0.25, 0.3) is 0 Å². The summed E-state index contributed by atoms with van der Waals surface area (Å²) < 4.78 is 39.2. The van der Waals surface area contributed by atoms with Crippen molar-refractivity contribution < 1.29 is 27.2 Å². The fourth-order valence-corrected chi connectivity index (χ4v) is 5.38. The Hall–Kier alpha value is -1.95. The Morgan fingerprint density at radius 1 is 1.10 bits per heavy atom. The fourth-order valence-electron chi connectivity index (χ4n) is 3.63. The van der Waals surface area contributed by atoms with Crippen molar-refractivity contribution in [2.24, 2.45) is 0 Å². The Morgan fingerprint density at radius 3 is 2.28 bits per heavy atom. The summed E-state index contributed by atoms with van der Waals surface area (Å²) in [5.74, 6) is -0.635. The molecule has 2 aliphatic heterocycles. The van der Waals surface area contributed by atoms with Crippen LogP contribution in [0.2, 0.25) is 0 Å². The average molecular weight is 429 g/mol. The lowest BCUT2D eigenvalue weighted by molar-refractivity contribution is -0.134. The van der Waals surface area contributed by atoms with Crippen LogP contribution in [0.3, 0.4) is 0 Å². The van der Waals surface area contributed by atoms with Gasteiger partial charge in [0.15, 0.2) is 0 Å². The predicted octanol–water partition coefficient (Wildman–Crippen LogP) is -0.104.